The van der Waals surface area contributed by atoms with E-state index in [9.17, 15) is 0 Å². The summed E-state index contributed by atoms with van der Waals surface area (Å²) in [5.74, 6) is 0.577. The van der Waals surface area contributed by atoms with Crippen molar-refractivity contribution < 1.29 is 9.47 Å². The molecule has 0 amide bonds. The Labute approximate surface area is 124 Å². The van der Waals surface area contributed by atoms with Gasteiger partial charge in [-0.2, -0.15) is 0 Å². The second-order valence-electron chi connectivity index (χ2n) is 5.46. The van der Waals surface area contributed by atoms with E-state index in [-0.39, 0.29) is 6.10 Å². The zero-order valence-electron chi connectivity index (χ0n) is 11.6. The highest BCUT2D eigenvalue weighted by atomic mass is 32.1. The SMILES string of the molecule is NC(=S)c1cc2c(nc1OCC1CCCO1)CCCC2. The van der Waals surface area contributed by atoms with Crippen molar-refractivity contribution in [3.63, 3.8) is 0 Å². The molecule has 1 unspecified atom stereocenters. The minimum atomic E-state index is 0.173. The Morgan fingerprint density at radius 2 is 2.25 bits per heavy atom. The Balaban J connectivity index is 1.81. The van der Waals surface area contributed by atoms with Crippen molar-refractivity contribution in [2.45, 2.75) is 44.6 Å². The van der Waals surface area contributed by atoms with Gasteiger partial charge in [-0.3, -0.25) is 0 Å². The maximum atomic E-state index is 5.84. The number of nitrogens with zero attached hydrogens (tertiary/aromatic N) is 1. The number of hydrogen-bond donors (Lipinski definition) is 1. The van der Waals surface area contributed by atoms with Gasteiger partial charge in [0.05, 0.1) is 11.7 Å². The van der Waals surface area contributed by atoms with Gasteiger partial charge in [0.25, 0.3) is 0 Å². The van der Waals surface area contributed by atoms with E-state index >= 15 is 0 Å². The highest BCUT2D eigenvalue weighted by molar-refractivity contribution is 7.80. The lowest BCUT2D eigenvalue weighted by Gasteiger charge is -2.19. The summed E-state index contributed by atoms with van der Waals surface area (Å²) in [7, 11) is 0. The molecule has 1 aliphatic heterocycles. The lowest BCUT2D eigenvalue weighted by molar-refractivity contribution is 0.0662. The average molecular weight is 292 g/mol. The van der Waals surface area contributed by atoms with Gasteiger partial charge in [0.2, 0.25) is 5.88 Å². The minimum Gasteiger partial charge on any atom is -0.474 e. The fraction of sp³-hybridized carbons (Fsp3) is 0.600. The van der Waals surface area contributed by atoms with Crippen molar-refractivity contribution in [1.82, 2.24) is 4.98 Å². The zero-order valence-corrected chi connectivity index (χ0v) is 12.4. The van der Waals surface area contributed by atoms with Gasteiger partial charge in [-0.1, -0.05) is 12.2 Å². The van der Waals surface area contributed by atoms with Gasteiger partial charge in [-0.05, 0) is 50.2 Å². The summed E-state index contributed by atoms with van der Waals surface area (Å²) in [6.45, 7) is 1.36. The molecule has 2 aliphatic rings. The van der Waals surface area contributed by atoms with Crippen molar-refractivity contribution in [2.75, 3.05) is 13.2 Å². The van der Waals surface area contributed by atoms with Crippen LogP contribution in [0.4, 0.5) is 0 Å². The highest BCUT2D eigenvalue weighted by Gasteiger charge is 2.20. The smallest absolute Gasteiger partial charge is 0.224 e. The van der Waals surface area contributed by atoms with Gasteiger partial charge < -0.3 is 15.2 Å². The lowest BCUT2D eigenvalue weighted by Crippen LogP contribution is -2.21. The summed E-state index contributed by atoms with van der Waals surface area (Å²) >= 11 is 5.13. The Kier molecular flexibility index (Phi) is 4.17. The maximum Gasteiger partial charge on any atom is 0.224 e. The minimum absolute atomic E-state index is 0.173. The monoisotopic (exact) mass is 292 g/mol. The summed E-state index contributed by atoms with van der Waals surface area (Å²) < 4.78 is 11.4. The molecule has 0 radical (unpaired) electrons. The number of pyridine rings is 1. The van der Waals surface area contributed by atoms with Crippen LogP contribution in [-0.2, 0) is 17.6 Å². The summed E-state index contributed by atoms with van der Waals surface area (Å²) in [5, 5.41) is 0. The fourth-order valence-corrected chi connectivity index (χ4v) is 3.00. The van der Waals surface area contributed by atoms with Crippen LogP contribution in [0, 0.1) is 0 Å². The molecule has 20 heavy (non-hydrogen) atoms. The number of nitrogens with two attached hydrogens (primary N) is 1. The van der Waals surface area contributed by atoms with E-state index in [2.05, 4.69) is 11.1 Å². The van der Waals surface area contributed by atoms with Gasteiger partial charge in [0.1, 0.15) is 11.6 Å². The second-order valence-corrected chi connectivity index (χ2v) is 5.90. The van der Waals surface area contributed by atoms with Crippen LogP contribution in [0.25, 0.3) is 0 Å². The molecule has 108 valence electrons. The van der Waals surface area contributed by atoms with Gasteiger partial charge in [0.15, 0.2) is 0 Å². The van der Waals surface area contributed by atoms with Crippen LogP contribution in [0.3, 0.4) is 0 Å². The molecule has 1 aliphatic carbocycles. The molecule has 0 spiro atoms. The van der Waals surface area contributed by atoms with Crippen LogP contribution in [0.5, 0.6) is 5.88 Å². The molecule has 0 bridgehead atoms. The van der Waals surface area contributed by atoms with Crippen LogP contribution in [0.2, 0.25) is 0 Å². The van der Waals surface area contributed by atoms with Crippen molar-refractivity contribution in [3.05, 3.63) is 22.9 Å². The summed E-state index contributed by atoms with van der Waals surface area (Å²) in [4.78, 5) is 5.00. The Morgan fingerprint density at radius 3 is 3.00 bits per heavy atom. The van der Waals surface area contributed by atoms with E-state index in [4.69, 9.17) is 27.4 Å². The molecule has 0 aromatic carbocycles. The molecule has 4 nitrogen and oxygen atoms in total. The van der Waals surface area contributed by atoms with Gasteiger partial charge in [-0.25, -0.2) is 4.98 Å². The van der Waals surface area contributed by atoms with Gasteiger partial charge >= 0.3 is 0 Å². The van der Waals surface area contributed by atoms with Gasteiger partial charge in [-0.15, -0.1) is 0 Å². The Bertz CT molecular complexity index is 513. The molecule has 2 N–H and O–H groups in total. The number of thiocarbonyl (C=S) groups is 1. The molecule has 0 saturated carbocycles. The predicted molar refractivity (Wildman–Crippen MR) is 81.2 cm³/mol. The largest absolute Gasteiger partial charge is 0.474 e. The number of hydrogen-bond acceptors (Lipinski definition) is 4. The molecule has 5 heteroatoms. The number of aryl methyl sites for hydroxylation is 2. The molecular formula is C15H20N2O2S. The molecule has 1 fully saturated rings. The van der Waals surface area contributed by atoms with Crippen molar-refractivity contribution >= 4 is 17.2 Å². The van der Waals surface area contributed by atoms with Crippen LogP contribution in [0.1, 0.15) is 42.5 Å². The molecule has 1 aromatic heterocycles. The van der Waals surface area contributed by atoms with Crippen LogP contribution in [0.15, 0.2) is 6.07 Å². The number of fused-ring (bicyclic) bond motifs is 1. The third-order valence-electron chi connectivity index (χ3n) is 3.96. The predicted octanol–water partition coefficient (Wildman–Crippen LogP) is 2.15. The maximum absolute atomic E-state index is 5.84. The van der Waals surface area contributed by atoms with Crippen LogP contribution >= 0.6 is 12.2 Å². The number of rotatable bonds is 4. The fourth-order valence-electron chi connectivity index (χ4n) is 2.85. The van der Waals surface area contributed by atoms with E-state index < -0.39 is 0 Å². The molecule has 1 atom stereocenters. The average Bonchev–Trinajstić information content (AvgIpc) is 2.97. The third kappa shape index (κ3) is 2.94. The summed E-state index contributed by atoms with van der Waals surface area (Å²) in [5.41, 5.74) is 8.98. The topological polar surface area (TPSA) is 57.4 Å². The molecule has 2 heterocycles. The standard InChI is InChI=1S/C15H20N2O2S/c16-14(20)12-8-10-4-1-2-6-13(10)17-15(12)19-9-11-5-3-7-18-11/h8,11H,1-7,9H2,(H2,16,20). The number of ether oxygens (including phenoxy) is 2. The first-order valence-electron chi connectivity index (χ1n) is 7.31. The van der Waals surface area contributed by atoms with E-state index in [1.54, 1.807) is 0 Å². The van der Waals surface area contributed by atoms with Crippen molar-refractivity contribution in [3.8, 4) is 5.88 Å². The van der Waals surface area contributed by atoms with Crippen LogP contribution < -0.4 is 10.5 Å². The van der Waals surface area contributed by atoms with Crippen molar-refractivity contribution in [2.24, 2.45) is 5.73 Å². The molecular weight excluding hydrogens is 272 g/mol. The molecule has 1 aromatic rings. The first-order chi connectivity index (χ1) is 9.74. The Hall–Kier alpha value is -1.20. The quantitative estimate of drug-likeness (QED) is 0.862. The third-order valence-corrected chi connectivity index (χ3v) is 4.18. The van der Waals surface area contributed by atoms with Crippen LogP contribution in [-0.4, -0.2) is 29.3 Å². The Morgan fingerprint density at radius 1 is 1.40 bits per heavy atom. The number of aromatic nitrogens is 1. The summed E-state index contributed by atoms with van der Waals surface area (Å²) in [6.07, 6.45) is 6.81. The van der Waals surface area contributed by atoms with E-state index in [1.807, 2.05) is 0 Å². The molecule has 3 rings (SSSR count). The second kappa shape index (κ2) is 6.06. The van der Waals surface area contributed by atoms with Crippen molar-refractivity contribution in [1.29, 1.82) is 0 Å². The first-order valence-corrected chi connectivity index (χ1v) is 7.72. The van der Waals surface area contributed by atoms with E-state index in [0.717, 1.165) is 43.5 Å². The first kappa shape index (κ1) is 13.8. The van der Waals surface area contributed by atoms with E-state index in [1.165, 1.54) is 18.4 Å². The lowest BCUT2D eigenvalue weighted by atomic mass is 9.95. The van der Waals surface area contributed by atoms with E-state index in [0.29, 0.717) is 17.5 Å². The summed E-state index contributed by atoms with van der Waals surface area (Å²) in [6, 6.07) is 2.06. The molecule has 1 saturated heterocycles. The zero-order chi connectivity index (χ0) is 13.9. The van der Waals surface area contributed by atoms with Gasteiger partial charge in [0, 0.05) is 12.3 Å². The normalized spacial score (nSPS) is 21.5. The highest BCUT2D eigenvalue weighted by Crippen LogP contribution is 2.26.